The molecule has 0 atom stereocenters. The van der Waals surface area contributed by atoms with Gasteiger partial charge in [-0.1, -0.05) is 30.8 Å². The maximum absolute atomic E-state index is 15.0. The van der Waals surface area contributed by atoms with Gasteiger partial charge >= 0.3 is 0 Å². The van der Waals surface area contributed by atoms with E-state index in [1.165, 1.54) is 6.07 Å². The van der Waals surface area contributed by atoms with Gasteiger partial charge in [0.05, 0.1) is 5.69 Å². The second-order valence-electron chi connectivity index (χ2n) is 6.41. The summed E-state index contributed by atoms with van der Waals surface area (Å²) in [5.41, 5.74) is 11.7. The molecule has 128 valence electrons. The van der Waals surface area contributed by atoms with Crippen molar-refractivity contribution in [3.63, 3.8) is 0 Å². The number of pyridine rings is 1. The summed E-state index contributed by atoms with van der Waals surface area (Å²) in [6, 6.07) is 12.9. The van der Waals surface area contributed by atoms with Gasteiger partial charge < -0.3 is 5.73 Å². The number of nitrogens with zero attached hydrogens (tertiary/aromatic N) is 1. The number of fused-ring (bicyclic) bond motifs is 3. The maximum atomic E-state index is 15.0. The minimum atomic E-state index is -0.600. The van der Waals surface area contributed by atoms with Crippen LogP contribution in [0.25, 0.3) is 17.2 Å². The molecule has 0 aliphatic heterocycles. The van der Waals surface area contributed by atoms with Crippen LogP contribution in [-0.2, 0) is 12.8 Å². The van der Waals surface area contributed by atoms with Crippen molar-refractivity contribution in [3.05, 3.63) is 94.6 Å². The molecule has 26 heavy (non-hydrogen) atoms. The van der Waals surface area contributed by atoms with Gasteiger partial charge in [0.1, 0.15) is 5.82 Å². The minimum Gasteiger partial charge on any atom is -0.366 e. The van der Waals surface area contributed by atoms with Gasteiger partial charge in [-0.25, -0.2) is 4.39 Å². The van der Waals surface area contributed by atoms with Crippen molar-refractivity contribution in [1.29, 1.82) is 0 Å². The fourth-order valence-corrected chi connectivity index (χ4v) is 3.67. The zero-order valence-corrected chi connectivity index (χ0v) is 14.1. The first kappa shape index (κ1) is 16.2. The number of hydrogen-bond donors (Lipinski definition) is 1. The third-order valence-corrected chi connectivity index (χ3v) is 4.84. The average Bonchev–Trinajstić information content (AvgIpc) is 3.03. The summed E-state index contributed by atoms with van der Waals surface area (Å²) in [6.07, 6.45) is 4.35. The summed E-state index contributed by atoms with van der Waals surface area (Å²) < 4.78 is 15.0. The molecule has 1 aliphatic carbocycles. The summed E-state index contributed by atoms with van der Waals surface area (Å²) in [5, 5.41) is 0. The minimum absolute atomic E-state index is 0.263. The number of amides is 1. The SMILES string of the molecule is C=Cc1cc(Cc2c(F)cc(C(N)=O)c3c2-c2ccccc2C3)ccn1. The topological polar surface area (TPSA) is 56.0 Å². The van der Waals surface area contributed by atoms with Gasteiger partial charge in [0, 0.05) is 23.7 Å². The number of carbonyl (C=O) groups excluding carboxylic acids is 1. The molecule has 4 heteroatoms. The van der Waals surface area contributed by atoms with Gasteiger partial charge in [0.2, 0.25) is 5.91 Å². The molecule has 4 rings (SSSR count). The summed E-state index contributed by atoms with van der Waals surface area (Å²) in [7, 11) is 0. The number of carbonyl (C=O) groups is 1. The Bertz CT molecular complexity index is 1060. The van der Waals surface area contributed by atoms with Gasteiger partial charge in [-0.3, -0.25) is 9.78 Å². The Kier molecular flexibility index (Phi) is 3.88. The number of hydrogen-bond acceptors (Lipinski definition) is 2. The maximum Gasteiger partial charge on any atom is 0.249 e. The Morgan fingerprint density at radius 2 is 2.08 bits per heavy atom. The smallest absolute Gasteiger partial charge is 0.249 e. The lowest BCUT2D eigenvalue weighted by Gasteiger charge is -2.14. The monoisotopic (exact) mass is 344 g/mol. The van der Waals surface area contributed by atoms with Crippen LogP contribution in [0.15, 0.2) is 55.2 Å². The summed E-state index contributed by atoms with van der Waals surface area (Å²) in [5.74, 6) is -1.01. The molecule has 3 nitrogen and oxygen atoms in total. The highest BCUT2D eigenvalue weighted by atomic mass is 19.1. The van der Waals surface area contributed by atoms with E-state index in [1.54, 1.807) is 12.3 Å². The van der Waals surface area contributed by atoms with Crippen molar-refractivity contribution in [2.45, 2.75) is 12.8 Å². The number of nitrogens with two attached hydrogens (primary N) is 1. The van der Waals surface area contributed by atoms with E-state index in [0.717, 1.165) is 33.5 Å². The van der Waals surface area contributed by atoms with Gasteiger partial charge in [-0.15, -0.1) is 0 Å². The third kappa shape index (κ3) is 2.60. The predicted octanol–water partition coefficient (Wildman–Crippen LogP) is 4.12. The Morgan fingerprint density at radius 1 is 1.27 bits per heavy atom. The van der Waals surface area contributed by atoms with Crippen LogP contribution in [0.3, 0.4) is 0 Å². The van der Waals surface area contributed by atoms with E-state index in [9.17, 15) is 9.18 Å². The van der Waals surface area contributed by atoms with E-state index >= 15 is 0 Å². The van der Waals surface area contributed by atoms with Gasteiger partial charge in [-0.2, -0.15) is 0 Å². The zero-order chi connectivity index (χ0) is 18.3. The fourth-order valence-electron chi connectivity index (χ4n) is 3.67. The Balaban J connectivity index is 1.92. The van der Waals surface area contributed by atoms with E-state index in [4.69, 9.17) is 5.73 Å². The second-order valence-corrected chi connectivity index (χ2v) is 6.41. The van der Waals surface area contributed by atoms with E-state index in [2.05, 4.69) is 11.6 Å². The Hall–Kier alpha value is -3.27. The highest BCUT2D eigenvalue weighted by molar-refractivity contribution is 5.98. The highest BCUT2D eigenvalue weighted by Crippen LogP contribution is 2.42. The van der Waals surface area contributed by atoms with Crippen LogP contribution in [0, 0.1) is 5.82 Å². The molecule has 1 heterocycles. The summed E-state index contributed by atoms with van der Waals surface area (Å²) in [4.78, 5) is 16.0. The van der Waals surface area contributed by atoms with Crippen LogP contribution in [0.2, 0.25) is 0 Å². The van der Waals surface area contributed by atoms with Crippen LogP contribution in [0.4, 0.5) is 4.39 Å². The van der Waals surface area contributed by atoms with Gasteiger partial charge in [0.25, 0.3) is 0 Å². The molecule has 3 aromatic rings. The average molecular weight is 344 g/mol. The summed E-state index contributed by atoms with van der Waals surface area (Å²) >= 11 is 0. The number of aromatic nitrogens is 1. The largest absolute Gasteiger partial charge is 0.366 e. The molecule has 0 bridgehead atoms. The number of halogens is 1. The lowest BCUT2D eigenvalue weighted by atomic mass is 9.91. The van der Waals surface area contributed by atoms with E-state index in [-0.39, 0.29) is 5.56 Å². The quantitative estimate of drug-likeness (QED) is 0.605. The normalized spacial score (nSPS) is 11.7. The molecule has 1 aliphatic rings. The molecule has 1 aromatic heterocycles. The molecule has 0 radical (unpaired) electrons. The van der Waals surface area contributed by atoms with Gasteiger partial charge in [-0.05, 0) is 58.5 Å². The number of primary amides is 1. The predicted molar refractivity (Wildman–Crippen MR) is 100 cm³/mol. The van der Waals surface area contributed by atoms with Crippen LogP contribution in [-0.4, -0.2) is 10.9 Å². The van der Waals surface area contributed by atoms with Crippen molar-refractivity contribution in [3.8, 4) is 11.1 Å². The molecule has 0 fully saturated rings. The molecular formula is C22H17FN2O. The van der Waals surface area contributed by atoms with Crippen molar-refractivity contribution in [2.75, 3.05) is 0 Å². The molecule has 0 spiro atoms. The standard InChI is InChI=1S/C22H17FN2O/c1-2-15-9-13(7-8-25-15)10-19-20(23)12-18(22(24)26)17-11-14-5-3-4-6-16(14)21(17)19/h2-9,12H,1,10-11H2,(H2,24,26). The second kappa shape index (κ2) is 6.23. The lowest BCUT2D eigenvalue weighted by molar-refractivity contribution is 0.0999. The van der Waals surface area contributed by atoms with E-state index in [1.807, 2.05) is 36.4 Å². The fraction of sp³-hybridized carbons (Fsp3) is 0.0909. The molecular weight excluding hydrogens is 327 g/mol. The molecule has 0 unspecified atom stereocenters. The van der Waals surface area contributed by atoms with E-state index < -0.39 is 11.7 Å². The summed E-state index contributed by atoms with van der Waals surface area (Å²) in [6.45, 7) is 3.73. The molecule has 0 saturated carbocycles. The van der Waals surface area contributed by atoms with Crippen molar-refractivity contribution < 1.29 is 9.18 Å². The molecule has 0 saturated heterocycles. The molecule has 1 amide bonds. The Morgan fingerprint density at radius 3 is 2.85 bits per heavy atom. The van der Waals surface area contributed by atoms with Crippen LogP contribution < -0.4 is 5.73 Å². The van der Waals surface area contributed by atoms with Crippen molar-refractivity contribution >= 4 is 12.0 Å². The number of rotatable bonds is 4. The van der Waals surface area contributed by atoms with Crippen LogP contribution in [0.5, 0.6) is 0 Å². The first-order valence-corrected chi connectivity index (χ1v) is 8.38. The van der Waals surface area contributed by atoms with E-state index in [0.29, 0.717) is 18.4 Å². The van der Waals surface area contributed by atoms with Gasteiger partial charge in [0.15, 0.2) is 0 Å². The van der Waals surface area contributed by atoms with Crippen LogP contribution >= 0.6 is 0 Å². The van der Waals surface area contributed by atoms with Crippen molar-refractivity contribution in [1.82, 2.24) is 4.98 Å². The first-order chi connectivity index (χ1) is 12.6. The zero-order valence-electron chi connectivity index (χ0n) is 14.1. The Labute approximate surface area is 151 Å². The van der Waals surface area contributed by atoms with Crippen LogP contribution in [0.1, 0.15) is 38.3 Å². The molecule has 2 N–H and O–H groups in total. The number of benzene rings is 2. The first-order valence-electron chi connectivity index (χ1n) is 8.38. The molecule has 2 aromatic carbocycles. The third-order valence-electron chi connectivity index (χ3n) is 4.84. The highest BCUT2D eigenvalue weighted by Gasteiger charge is 2.28. The van der Waals surface area contributed by atoms with Crippen molar-refractivity contribution in [2.24, 2.45) is 5.73 Å². The lowest BCUT2D eigenvalue weighted by Crippen LogP contribution is -2.15.